The molecule has 140 valence electrons. The summed E-state index contributed by atoms with van der Waals surface area (Å²) in [5, 5.41) is 2.94. The first kappa shape index (κ1) is 20.0. The highest BCUT2D eigenvalue weighted by molar-refractivity contribution is 7.89. The zero-order valence-electron chi connectivity index (χ0n) is 14.6. The van der Waals surface area contributed by atoms with E-state index in [4.69, 9.17) is 16.3 Å². The molecule has 1 N–H and O–H groups in total. The van der Waals surface area contributed by atoms with E-state index >= 15 is 0 Å². The van der Waals surface area contributed by atoms with Crippen LogP contribution in [0.2, 0.25) is 5.02 Å². The molecule has 1 saturated heterocycles. The van der Waals surface area contributed by atoms with Gasteiger partial charge in [0.25, 0.3) is 5.91 Å². The van der Waals surface area contributed by atoms with Crippen LogP contribution in [0.25, 0.3) is 0 Å². The quantitative estimate of drug-likeness (QED) is 0.742. The predicted octanol–water partition coefficient (Wildman–Crippen LogP) is 2.67. The van der Waals surface area contributed by atoms with E-state index in [1.807, 2.05) is 0 Å². The molecule has 0 radical (unpaired) electrons. The lowest BCUT2D eigenvalue weighted by Crippen LogP contribution is -2.30. The smallest absolute Gasteiger partial charge is 0.257 e. The topological polar surface area (TPSA) is 75.7 Å². The number of ether oxygens (including phenoxy) is 1. The maximum absolute atomic E-state index is 12.5. The van der Waals surface area contributed by atoms with E-state index in [1.165, 1.54) is 22.5 Å². The van der Waals surface area contributed by atoms with Crippen molar-refractivity contribution in [1.29, 1.82) is 0 Å². The molecule has 2 rings (SSSR count). The van der Waals surface area contributed by atoms with E-state index in [2.05, 4.69) is 19.2 Å². The number of halogens is 1. The summed E-state index contributed by atoms with van der Waals surface area (Å²) in [6.07, 6.45) is 2.65. The highest BCUT2D eigenvalue weighted by atomic mass is 35.5. The summed E-state index contributed by atoms with van der Waals surface area (Å²) < 4.78 is 31.9. The Morgan fingerprint density at radius 2 is 2.00 bits per heavy atom. The minimum Gasteiger partial charge on any atom is -0.482 e. The Balaban J connectivity index is 1.94. The van der Waals surface area contributed by atoms with E-state index in [9.17, 15) is 13.2 Å². The second kappa shape index (κ2) is 8.87. The number of hydrogen-bond acceptors (Lipinski definition) is 4. The number of sulfonamides is 1. The number of nitrogens with zero attached hydrogens (tertiary/aromatic N) is 1. The zero-order chi connectivity index (χ0) is 18.4. The maximum Gasteiger partial charge on any atom is 0.257 e. The molecule has 0 aromatic heterocycles. The summed E-state index contributed by atoms with van der Waals surface area (Å²) in [6, 6.07) is 4.33. The van der Waals surface area contributed by atoms with Crippen molar-refractivity contribution in [2.75, 3.05) is 26.2 Å². The van der Waals surface area contributed by atoms with Crippen LogP contribution in [-0.2, 0) is 14.8 Å². The molecule has 0 atom stereocenters. The lowest BCUT2D eigenvalue weighted by Gasteiger charge is -2.16. The number of nitrogens with one attached hydrogen (secondary N) is 1. The molecule has 8 heteroatoms. The van der Waals surface area contributed by atoms with Gasteiger partial charge < -0.3 is 10.1 Å². The second-order valence-electron chi connectivity index (χ2n) is 6.52. The Morgan fingerprint density at radius 3 is 2.60 bits per heavy atom. The summed E-state index contributed by atoms with van der Waals surface area (Å²) in [6.45, 7) is 5.68. The van der Waals surface area contributed by atoms with Crippen LogP contribution in [0.1, 0.15) is 33.1 Å². The third-order valence-corrected chi connectivity index (χ3v) is 6.20. The molecule has 0 unspecified atom stereocenters. The van der Waals surface area contributed by atoms with Crippen molar-refractivity contribution in [2.24, 2.45) is 5.92 Å². The van der Waals surface area contributed by atoms with Gasteiger partial charge in [0.15, 0.2) is 6.61 Å². The van der Waals surface area contributed by atoms with Gasteiger partial charge in [-0.3, -0.25) is 4.79 Å². The van der Waals surface area contributed by atoms with Crippen LogP contribution in [0.4, 0.5) is 0 Å². The Bertz CT molecular complexity index is 701. The van der Waals surface area contributed by atoms with Crippen LogP contribution in [-0.4, -0.2) is 44.9 Å². The van der Waals surface area contributed by atoms with E-state index in [1.54, 1.807) is 0 Å². The molecule has 0 saturated carbocycles. The maximum atomic E-state index is 12.5. The first-order chi connectivity index (χ1) is 11.8. The Morgan fingerprint density at radius 1 is 1.32 bits per heavy atom. The van der Waals surface area contributed by atoms with Crippen molar-refractivity contribution in [3.63, 3.8) is 0 Å². The highest BCUT2D eigenvalue weighted by Crippen LogP contribution is 2.29. The molecule has 0 spiro atoms. The number of rotatable bonds is 8. The van der Waals surface area contributed by atoms with Gasteiger partial charge in [-0.1, -0.05) is 25.4 Å². The standard InChI is InChI=1S/C17H25ClN2O4S/c1-13(2)7-8-19-17(21)12-24-16-6-5-14(11-15(16)18)25(22,23)20-9-3-4-10-20/h5-6,11,13H,3-4,7-10,12H2,1-2H3,(H,19,21). The molecule has 1 fully saturated rings. The van der Waals surface area contributed by atoms with Crippen molar-refractivity contribution >= 4 is 27.5 Å². The molecular weight excluding hydrogens is 364 g/mol. The Labute approximate surface area is 154 Å². The van der Waals surface area contributed by atoms with Crippen LogP contribution in [0.3, 0.4) is 0 Å². The van der Waals surface area contributed by atoms with Gasteiger partial charge in [-0.05, 0) is 43.4 Å². The third kappa shape index (κ3) is 5.59. The summed E-state index contributed by atoms with van der Waals surface area (Å²) >= 11 is 6.13. The van der Waals surface area contributed by atoms with Gasteiger partial charge >= 0.3 is 0 Å². The molecule has 1 aromatic carbocycles. The minimum atomic E-state index is -3.52. The highest BCUT2D eigenvalue weighted by Gasteiger charge is 2.27. The molecule has 1 aliphatic rings. The van der Waals surface area contributed by atoms with Gasteiger partial charge in [-0.15, -0.1) is 0 Å². The molecule has 0 bridgehead atoms. The number of amides is 1. The van der Waals surface area contributed by atoms with Crippen LogP contribution in [0.15, 0.2) is 23.1 Å². The molecule has 1 heterocycles. The minimum absolute atomic E-state index is 0.146. The number of benzene rings is 1. The lowest BCUT2D eigenvalue weighted by atomic mass is 10.1. The molecule has 1 aromatic rings. The summed E-state index contributed by atoms with van der Waals surface area (Å²) in [7, 11) is -3.52. The molecule has 25 heavy (non-hydrogen) atoms. The summed E-state index contributed by atoms with van der Waals surface area (Å²) in [5.41, 5.74) is 0. The third-order valence-electron chi connectivity index (χ3n) is 4.01. The van der Waals surface area contributed by atoms with Gasteiger partial charge in [0, 0.05) is 19.6 Å². The van der Waals surface area contributed by atoms with Crippen molar-refractivity contribution < 1.29 is 17.9 Å². The molecule has 1 aliphatic heterocycles. The monoisotopic (exact) mass is 388 g/mol. The van der Waals surface area contributed by atoms with E-state index in [0.29, 0.717) is 31.3 Å². The van der Waals surface area contributed by atoms with Crippen LogP contribution in [0.5, 0.6) is 5.75 Å². The normalized spacial score (nSPS) is 15.5. The van der Waals surface area contributed by atoms with Crippen molar-refractivity contribution in [2.45, 2.75) is 38.0 Å². The molecular formula is C17H25ClN2O4S. The Kier molecular flexibility index (Phi) is 7.10. The van der Waals surface area contributed by atoms with E-state index in [0.717, 1.165) is 19.3 Å². The average Bonchev–Trinajstić information content (AvgIpc) is 3.08. The molecule has 1 amide bonds. The fourth-order valence-electron chi connectivity index (χ4n) is 2.53. The molecule has 6 nitrogen and oxygen atoms in total. The van der Waals surface area contributed by atoms with Crippen LogP contribution < -0.4 is 10.1 Å². The second-order valence-corrected chi connectivity index (χ2v) is 8.87. The van der Waals surface area contributed by atoms with E-state index < -0.39 is 10.0 Å². The van der Waals surface area contributed by atoms with E-state index in [-0.39, 0.29) is 22.4 Å². The van der Waals surface area contributed by atoms with Gasteiger partial charge in [0.05, 0.1) is 9.92 Å². The van der Waals surface area contributed by atoms with Crippen molar-refractivity contribution in [3.8, 4) is 5.75 Å². The van der Waals surface area contributed by atoms with Crippen LogP contribution in [0, 0.1) is 5.92 Å². The fraction of sp³-hybridized carbons (Fsp3) is 0.588. The fourth-order valence-corrected chi connectivity index (χ4v) is 4.37. The van der Waals surface area contributed by atoms with Gasteiger partial charge in [-0.25, -0.2) is 8.42 Å². The van der Waals surface area contributed by atoms with Gasteiger partial charge in [0.2, 0.25) is 10.0 Å². The Hall–Kier alpha value is -1.31. The number of carbonyl (C=O) groups is 1. The first-order valence-corrected chi connectivity index (χ1v) is 10.3. The number of hydrogen-bond donors (Lipinski definition) is 1. The summed E-state index contributed by atoms with van der Waals surface area (Å²) in [4.78, 5) is 11.9. The predicted molar refractivity (Wildman–Crippen MR) is 97.4 cm³/mol. The van der Waals surface area contributed by atoms with Gasteiger partial charge in [0.1, 0.15) is 5.75 Å². The average molecular weight is 389 g/mol. The van der Waals surface area contributed by atoms with Gasteiger partial charge in [-0.2, -0.15) is 4.31 Å². The SMILES string of the molecule is CC(C)CCNC(=O)COc1ccc(S(=O)(=O)N2CCCC2)cc1Cl. The zero-order valence-corrected chi connectivity index (χ0v) is 16.2. The van der Waals surface area contributed by atoms with Crippen LogP contribution >= 0.6 is 11.6 Å². The van der Waals surface area contributed by atoms with Crippen molar-refractivity contribution in [1.82, 2.24) is 9.62 Å². The number of carbonyl (C=O) groups excluding carboxylic acids is 1. The lowest BCUT2D eigenvalue weighted by molar-refractivity contribution is -0.123. The summed E-state index contributed by atoms with van der Waals surface area (Å²) in [5.74, 6) is 0.576. The van der Waals surface area contributed by atoms with Crippen molar-refractivity contribution in [3.05, 3.63) is 23.2 Å². The molecule has 0 aliphatic carbocycles. The largest absolute Gasteiger partial charge is 0.482 e. The first-order valence-electron chi connectivity index (χ1n) is 8.50.